The lowest BCUT2D eigenvalue weighted by molar-refractivity contribution is 0.323. The van der Waals surface area contributed by atoms with Crippen molar-refractivity contribution in [2.24, 2.45) is 0 Å². The lowest BCUT2D eigenvalue weighted by Crippen LogP contribution is -2.22. The quantitative estimate of drug-likeness (QED) is 0.511. The summed E-state index contributed by atoms with van der Waals surface area (Å²) in [5.74, 6) is -0.230. The Hall–Kier alpha value is 0.150. The molecule has 0 aliphatic heterocycles. The van der Waals surface area contributed by atoms with Crippen LogP contribution in [0.4, 0.5) is 0 Å². The SMILES string of the molecule is CCS(=O)(=O)CS(=O)(=O)OCC(C)Cl. The van der Waals surface area contributed by atoms with Crippen LogP contribution in [0.2, 0.25) is 0 Å². The molecule has 0 N–H and O–H groups in total. The summed E-state index contributed by atoms with van der Waals surface area (Å²) in [6.07, 6.45) is 0. The highest BCUT2D eigenvalue weighted by Gasteiger charge is 2.21. The molecular weight excluding hydrogens is 252 g/mol. The second-order valence-corrected chi connectivity index (χ2v) is 7.88. The van der Waals surface area contributed by atoms with Crippen molar-refractivity contribution in [3.05, 3.63) is 0 Å². The van der Waals surface area contributed by atoms with Crippen molar-refractivity contribution in [2.75, 3.05) is 17.4 Å². The van der Waals surface area contributed by atoms with Gasteiger partial charge in [0.1, 0.15) is 0 Å². The fraction of sp³-hybridized carbons (Fsp3) is 1.00. The van der Waals surface area contributed by atoms with E-state index in [2.05, 4.69) is 4.18 Å². The van der Waals surface area contributed by atoms with E-state index in [0.29, 0.717) is 0 Å². The third-order valence-electron chi connectivity index (χ3n) is 1.24. The molecule has 0 spiro atoms. The van der Waals surface area contributed by atoms with Crippen LogP contribution in [0.5, 0.6) is 0 Å². The molecule has 0 heterocycles. The summed E-state index contributed by atoms with van der Waals surface area (Å²) >= 11 is 5.45. The van der Waals surface area contributed by atoms with Crippen molar-refractivity contribution in [1.82, 2.24) is 0 Å². The number of rotatable bonds is 6. The zero-order valence-electron chi connectivity index (χ0n) is 7.93. The Labute approximate surface area is 89.4 Å². The molecule has 0 aromatic heterocycles. The van der Waals surface area contributed by atoms with E-state index >= 15 is 0 Å². The standard InChI is InChI=1S/C6H13ClO5S2/c1-3-13(8,9)5-14(10,11)12-4-6(2)7/h6H,3-5H2,1-2H3. The second-order valence-electron chi connectivity index (χ2n) is 2.77. The highest BCUT2D eigenvalue weighted by Crippen LogP contribution is 2.03. The van der Waals surface area contributed by atoms with E-state index in [1.807, 2.05) is 0 Å². The van der Waals surface area contributed by atoms with Crippen molar-refractivity contribution in [3.8, 4) is 0 Å². The van der Waals surface area contributed by atoms with Crippen LogP contribution in [0, 0.1) is 0 Å². The predicted molar refractivity (Wildman–Crippen MR) is 54.5 cm³/mol. The lowest BCUT2D eigenvalue weighted by atomic mass is 10.5. The Morgan fingerprint density at radius 2 is 1.79 bits per heavy atom. The molecule has 14 heavy (non-hydrogen) atoms. The summed E-state index contributed by atoms with van der Waals surface area (Å²) in [5, 5.41) is -1.46. The van der Waals surface area contributed by atoms with Gasteiger partial charge in [-0.15, -0.1) is 11.6 Å². The molecule has 86 valence electrons. The number of hydrogen-bond acceptors (Lipinski definition) is 5. The second kappa shape index (κ2) is 5.29. The van der Waals surface area contributed by atoms with Crippen LogP contribution in [-0.4, -0.2) is 39.7 Å². The largest absolute Gasteiger partial charge is 0.281 e. The minimum Gasteiger partial charge on any atom is -0.268 e. The van der Waals surface area contributed by atoms with Crippen LogP contribution in [0.3, 0.4) is 0 Å². The molecule has 0 aliphatic rings. The smallest absolute Gasteiger partial charge is 0.268 e. The van der Waals surface area contributed by atoms with Crippen molar-refractivity contribution in [2.45, 2.75) is 19.2 Å². The van der Waals surface area contributed by atoms with Crippen LogP contribution in [-0.2, 0) is 24.1 Å². The van der Waals surface area contributed by atoms with Gasteiger partial charge < -0.3 is 0 Å². The minimum absolute atomic E-state index is 0.219. The van der Waals surface area contributed by atoms with Gasteiger partial charge >= 0.3 is 0 Å². The molecule has 0 saturated heterocycles. The van der Waals surface area contributed by atoms with E-state index in [0.717, 1.165) is 0 Å². The number of halogens is 1. The predicted octanol–water partition coefficient (Wildman–Crippen LogP) is 0.352. The average Bonchev–Trinajstić information content (AvgIpc) is 1.99. The third kappa shape index (κ3) is 6.58. The lowest BCUT2D eigenvalue weighted by Gasteiger charge is -2.06. The molecule has 1 unspecified atom stereocenters. The molecule has 8 heteroatoms. The zero-order chi connectivity index (χ0) is 11.4. The topological polar surface area (TPSA) is 77.5 Å². The molecule has 0 aromatic rings. The van der Waals surface area contributed by atoms with E-state index < -0.39 is 30.4 Å². The summed E-state index contributed by atoms with van der Waals surface area (Å²) in [5.41, 5.74) is 0. The molecule has 0 fully saturated rings. The van der Waals surface area contributed by atoms with Crippen molar-refractivity contribution < 1.29 is 21.0 Å². The van der Waals surface area contributed by atoms with Gasteiger partial charge in [-0.3, -0.25) is 4.18 Å². The number of sulfone groups is 1. The maximum absolute atomic E-state index is 11.0. The Bertz CT molecular complexity index is 356. The first-order chi connectivity index (χ1) is 6.18. The average molecular weight is 265 g/mol. The molecule has 0 saturated carbocycles. The zero-order valence-corrected chi connectivity index (χ0v) is 10.3. The molecule has 0 bridgehead atoms. The number of hydrogen-bond donors (Lipinski definition) is 0. The first-order valence-corrected chi connectivity index (χ1v) is 7.73. The summed E-state index contributed by atoms with van der Waals surface area (Å²) < 4.78 is 48.4. The van der Waals surface area contributed by atoms with Crippen LogP contribution in [0.15, 0.2) is 0 Å². The highest BCUT2D eigenvalue weighted by molar-refractivity contribution is 8.06. The van der Waals surface area contributed by atoms with Gasteiger partial charge in [-0.25, -0.2) is 8.42 Å². The van der Waals surface area contributed by atoms with Crippen molar-refractivity contribution in [1.29, 1.82) is 0 Å². The first kappa shape index (κ1) is 14.2. The van der Waals surface area contributed by atoms with E-state index in [1.165, 1.54) is 6.92 Å². The summed E-state index contributed by atoms with van der Waals surface area (Å²) in [6.45, 7) is 2.70. The Kier molecular flexibility index (Phi) is 5.35. The molecule has 0 rings (SSSR count). The first-order valence-electron chi connectivity index (χ1n) is 3.90. The summed E-state index contributed by atoms with van der Waals surface area (Å²) in [4.78, 5) is 0. The van der Waals surface area contributed by atoms with Gasteiger partial charge in [-0.05, 0) is 6.92 Å². The molecular formula is C6H13ClO5S2. The van der Waals surface area contributed by atoms with Crippen LogP contribution in [0.25, 0.3) is 0 Å². The Balaban J connectivity index is 4.37. The highest BCUT2D eigenvalue weighted by atomic mass is 35.5. The molecule has 0 aliphatic carbocycles. The van der Waals surface area contributed by atoms with Gasteiger partial charge in [-0.1, -0.05) is 6.92 Å². The Morgan fingerprint density at radius 3 is 2.14 bits per heavy atom. The van der Waals surface area contributed by atoms with Crippen LogP contribution >= 0.6 is 11.6 Å². The van der Waals surface area contributed by atoms with Gasteiger partial charge in [0.05, 0.1) is 12.0 Å². The summed E-state index contributed by atoms with van der Waals surface area (Å²) in [6, 6.07) is 0. The van der Waals surface area contributed by atoms with E-state index in [9.17, 15) is 16.8 Å². The van der Waals surface area contributed by atoms with E-state index in [4.69, 9.17) is 11.6 Å². The maximum Gasteiger partial charge on any atom is 0.281 e. The molecule has 1 atom stereocenters. The normalized spacial score (nSPS) is 15.4. The molecule has 0 aromatic carbocycles. The monoisotopic (exact) mass is 264 g/mol. The van der Waals surface area contributed by atoms with Gasteiger partial charge in [0.25, 0.3) is 10.1 Å². The fourth-order valence-corrected chi connectivity index (χ4v) is 3.78. The van der Waals surface area contributed by atoms with Crippen LogP contribution in [0.1, 0.15) is 13.8 Å². The summed E-state index contributed by atoms with van der Waals surface area (Å²) in [7, 11) is -7.60. The maximum atomic E-state index is 11.0. The van der Waals surface area contributed by atoms with Gasteiger partial charge in [0.2, 0.25) is 0 Å². The minimum atomic E-state index is -4.02. The fourth-order valence-electron chi connectivity index (χ4n) is 0.535. The molecule has 0 radical (unpaired) electrons. The van der Waals surface area contributed by atoms with E-state index in [1.54, 1.807) is 6.92 Å². The Morgan fingerprint density at radius 1 is 1.29 bits per heavy atom. The molecule has 0 amide bonds. The van der Waals surface area contributed by atoms with Gasteiger partial charge in [0.15, 0.2) is 14.9 Å². The van der Waals surface area contributed by atoms with Crippen molar-refractivity contribution in [3.63, 3.8) is 0 Å². The number of alkyl halides is 1. The third-order valence-corrected chi connectivity index (χ3v) is 5.33. The van der Waals surface area contributed by atoms with Gasteiger partial charge in [-0.2, -0.15) is 8.42 Å². The van der Waals surface area contributed by atoms with Crippen molar-refractivity contribution >= 4 is 31.6 Å². The van der Waals surface area contributed by atoms with E-state index in [-0.39, 0.29) is 12.4 Å². The van der Waals surface area contributed by atoms with Gasteiger partial charge in [0, 0.05) is 5.75 Å². The van der Waals surface area contributed by atoms with Crippen LogP contribution < -0.4 is 0 Å². The molecule has 5 nitrogen and oxygen atoms in total.